The Hall–Kier alpha value is -3.22. The second kappa shape index (κ2) is 10.0. The average molecular weight is 412 g/mol. The topological polar surface area (TPSA) is 77.1 Å². The quantitative estimate of drug-likeness (QED) is 0.685. The predicted octanol–water partition coefficient (Wildman–Crippen LogP) is 2.42. The Kier molecular flexibility index (Phi) is 7.17. The summed E-state index contributed by atoms with van der Waals surface area (Å²) in [5.74, 6) is 1.72. The lowest BCUT2D eigenvalue weighted by Gasteiger charge is -2.17. The van der Waals surface area contributed by atoms with Crippen molar-refractivity contribution in [3.8, 4) is 17.2 Å². The van der Waals surface area contributed by atoms with Gasteiger partial charge in [0.2, 0.25) is 11.8 Å². The van der Waals surface area contributed by atoms with Crippen LogP contribution in [0.15, 0.2) is 42.5 Å². The fourth-order valence-electron chi connectivity index (χ4n) is 3.54. The van der Waals surface area contributed by atoms with Gasteiger partial charge in [-0.1, -0.05) is 18.2 Å². The Labute approximate surface area is 176 Å². The molecule has 160 valence electrons. The van der Waals surface area contributed by atoms with Crippen molar-refractivity contribution >= 4 is 11.8 Å². The lowest BCUT2D eigenvalue weighted by Crippen LogP contribution is -2.33. The summed E-state index contributed by atoms with van der Waals surface area (Å²) in [6.45, 7) is 1.44. The molecule has 7 nitrogen and oxygen atoms in total. The third kappa shape index (κ3) is 5.23. The number of hydrogen-bond acceptors (Lipinski definition) is 5. The van der Waals surface area contributed by atoms with E-state index < -0.39 is 0 Å². The number of ether oxygens (including phenoxy) is 3. The first-order valence-electron chi connectivity index (χ1n) is 9.93. The summed E-state index contributed by atoms with van der Waals surface area (Å²) in [6, 6.07) is 13.3. The van der Waals surface area contributed by atoms with Crippen LogP contribution in [0.1, 0.15) is 17.5 Å². The van der Waals surface area contributed by atoms with Gasteiger partial charge in [0.25, 0.3) is 0 Å². The second-order valence-electron chi connectivity index (χ2n) is 7.25. The Morgan fingerprint density at radius 1 is 1.00 bits per heavy atom. The molecule has 7 heteroatoms. The Bertz CT molecular complexity index is 882. The summed E-state index contributed by atoms with van der Waals surface area (Å²) >= 11 is 0. The Morgan fingerprint density at radius 3 is 2.37 bits per heavy atom. The number of carbonyl (C=O) groups excluding carboxylic acids is 2. The molecular formula is C23H28N2O5. The summed E-state index contributed by atoms with van der Waals surface area (Å²) < 4.78 is 15.7. The van der Waals surface area contributed by atoms with E-state index in [2.05, 4.69) is 5.32 Å². The summed E-state index contributed by atoms with van der Waals surface area (Å²) in [4.78, 5) is 26.6. The first-order valence-corrected chi connectivity index (χ1v) is 9.93. The molecule has 0 aliphatic carbocycles. The molecular weight excluding hydrogens is 384 g/mol. The molecule has 2 amide bonds. The lowest BCUT2D eigenvalue weighted by molar-refractivity contribution is -0.129. The minimum absolute atomic E-state index is 0.0140. The lowest BCUT2D eigenvalue weighted by atomic mass is 10.1. The van der Waals surface area contributed by atoms with E-state index in [0.29, 0.717) is 37.6 Å². The van der Waals surface area contributed by atoms with Gasteiger partial charge in [0.05, 0.1) is 27.2 Å². The molecule has 1 heterocycles. The highest BCUT2D eigenvalue weighted by molar-refractivity contribution is 5.89. The van der Waals surface area contributed by atoms with Crippen molar-refractivity contribution in [2.24, 2.45) is 5.92 Å². The van der Waals surface area contributed by atoms with Crippen LogP contribution in [-0.2, 0) is 22.6 Å². The Balaban J connectivity index is 1.49. The third-order valence-electron chi connectivity index (χ3n) is 5.33. The van der Waals surface area contributed by atoms with Gasteiger partial charge in [-0.3, -0.25) is 9.59 Å². The highest BCUT2D eigenvalue weighted by Gasteiger charge is 2.33. The van der Waals surface area contributed by atoms with Gasteiger partial charge in [-0.15, -0.1) is 0 Å². The van der Waals surface area contributed by atoms with Crippen molar-refractivity contribution in [2.75, 3.05) is 34.4 Å². The van der Waals surface area contributed by atoms with Crippen molar-refractivity contribution < 1.29 is 23.8 Å². The molecule has 0 radical (unpaired) electrons. The summed E-state index contributed by atoms with van der Waals surface area (Å²) in [7, 11) is 4.81. The van der Waals surface area contributed by atoms with Crippen molar-refractivity contribution in [2.45, 2.75) is 19.4 Å². The van der Waals surface area contributed by atoms with Crippen molar-refractivity contribution in [3.05, 3.63) is 53.6 Å². The summed E-state index contributed by atoms with van der Waals surface area (Å²) in [6.07, 6.45) is 0.937. The number of benzene rings is 2. The minimum atomic E-state index is -0.318. The number of nitrogens with zero attached hydrogens (tertiary/aromatic N) is 1. The van der Waals surface area contributed by atoms with E-state index in [1.165, 1.54) is 0 Å². The van der Waals surface area contributed by atoms with Crippen LogP contribution in [0.5, 0.6) is 17.2 Å². The van der Waals surface area contributed by atoms with E-state index in [4.69, 9.17) is 14.2 Å². The van der Waals surface area contributed by atoms with Gasteiger partial charge in [-0.25, -0.2) is 0 Å². The van der Waals surface area contributed by atoms with E-state index in [-0.39, 0.29) is 24.2 Å². The SMILES string of the molecule is COc1ccc(CNC(=O)C2CC(=O)N(CCc3ccc(OC)c(OC)c3)C2)cc1. The van der Waals surface area contributed by atoms with Crippen LogP contribution in [0.25, 0.3) is 0 Å². The molecule has 1 N–H and O–H groups in total. The van der Waals surface area contributed by atoms with Gasteiger partial charge in [0.1, 0.15) is 5.75 Å². The smallest absolute Gasteiger partial charge is 0.225 e. The van der Waals surface area contributed by atoms with Crippen LogP contribution in [-0.4, -0.2) is 51.1 Å². The molecule has 1 aliphatic rings. The molecule has 1 saturated heterocycles. The zero-order valence-corrected chi connectivity index (χ0v) is 17.6. The zero-order chi connectivity index (χ0) is 21.5. The number of amides is 2. The highest BCUT2D eigenvalue weighted by Crippen LogP contribution is 2.28. The van der Waals surface area contributed by atoms with Crippen molar-refractivity contribution in [1.29, 1.82) is 0 Å². The van der Waals surface area contributed by atoms with E-state index in [0.717, 1.165) is 16.9 Å². The second-order valence-corrected chi connectivity index (χ2v) is 7.25. The van der Waals surface area contributed by atoms with E-state index >= 15 is 0 Å². The Morgan fingerprint density at radius 2 is 1.70 bits per heavy atom. The van der Waals surface area contributed by atoms with Gasteiger partial charge in [-0.05, 0) is 41.8 Å². The van der Waals surface area contributed by atoms with E-state index in [1.807, 2.05) is 42.5 Å². The largest absolute Gasteiger partial charge is 0.497 e. The number of nitrogens with one attached hydrogen (secondary N) is 1. The third-order valence-corrected chi connectivity index (χ3v) is 5.33. The molecule has 3 rings (SSSR count). The molecule has 2 aromatic rings. The molecule has 1 atom stereocenters. The van der Waals surface area contributed by atoms with Gasteiger partial charge in [0, 0.05) is 26.1 Å². The van der Waals surface area contributed by atoms with Gasteiger partial charge in [-0.2, -0.15) is 0 Å². The number of rotatable bonds is 9. The molecule has 0 aromatic heterocycles. The van der Waals surface area contributed by atoms with Crippen LogP contribution in [0.2, 0.25) is 0 Å². The van der Waals surface area contributed by atoms with Gasteiger partial charge < -0.3 is 24.4 Å². The maximum atomic E-state index is 12.5. The van der Waals surface area contributed by atoms with Crippen LogP contribution < -0.4 is 19.5 Å². The summed E-state index contributed by atoms with van der Waals surface area (Å²) in [5.41, 5.74) is 2.03. The van der Waals surface area contributed by atoms with E-state index in [1.54, 1.807) is 26.2 Å². The average Bonchev–Trinajstić information content (AvgIpc) is 3.16. The monoisotopic (exact) mass is 412 g/mol. The standard InChI is InChI=1S/C23H28N2O5/c1-28-19-7-4-17(5-8-19)14-24-23(27)18-13-22(26)25(15-18)11-10-16-6-9-20(29-2)21(12-16)30-3/h4-9,12,18H,10-11,13-15H2,1-3H3,(H,24,27). The molecule has 0 spiro atoms. The number of carbonyl (C=O) groups is 2. The molecule has 1 unspecified atom stereocenters. The van der Waals surface area contributed by atoms with Crippen LogP contribution in [0.3, 0.4) is 0 Å². The van der Waals surface area contributed by atoms with Crippen LogP contribution in [0.4, 0.5) is 0 Å². The molecule has 1 aliphatic heterocycles. The molecule has 0 saturated carbocycles. The number of likely N-dealkylation sites (tertiary alicyclic amines) is 1. The highest BCUT2D eigenvalue weighted by atomic mass is 16.5. The fraction of sp³-hybridized carbons (Fsp3) is 0.391. The predicted molar refractivity (Wildman–Crippen MR) is 113 cm³/mol. The van der Waals surface area contributed by atoms with Crippen molar-refractivity contribution in [3.63, 3.8) is 0 Å². The normalized spacial score (nSPS) is 15.8. The maximum Gasteiger partial charge on any atom is 0.225 e. The first kappa shape index (κ1) is 21.5. The van der Waals surface area contributed by atoms with E-state index in [9.17, 15) is 9.59 Å². The van der Waals surface area contributed by atoms with Gasteiger partial charge >= 0.3 is 0 Å². The van der Waals surface area contributed by atoms with Crippen LogP contribution >= 0.6 is 0 Å². The number of hydrogen-bond donors (Lipinski definition) is 1. The molecule has 2 aromatic carbocycles. The fourth-order valence-corrected chi connectivity index (χ4v) is 3.54. The molecule has 1 fully saturated rings. The molecule has 30 heavy (non-hydrogen) atoms. The first-order chi connectivity index (χ1) is 14.5. The van der Waals surface area contributed by atoms with Crippen LogP contribution in [0, 0.1) is 5.92 Å². The molecule has 0 bridgehead atoms. The van der Waals surface area contributed by atoms with Gasteiger partial charge in [0.15, 0.2) is 11.5 Å². The summed E-state index contributed by atoms with van der Waals surface area (Å²) in [5, 5.41) is 2.93. The minimum Gasteiger partial charge on any atom is -0.497 e. The van der Waals surface area contributed by atoms with Crippen molar-refractivity contribution in [1.82, 2.24) is 10.2 Å². The zero-order valence-electron chi connectivity index (χ0n) is 17.6. The number of methoxy groups -OCH3 is 3. The maximum absolute atomic E-state index is 12.5.